The topological polar surface area (TPSA) is 23.8 Å². The van der Waals surface area contributed by atoms with Crippen LogP contribution in [-0.2, 0) is 0 Å². The van der Waals surface area contributed by atoms with Crippen LogP contribution < -0.4 is 0 Å². The molecule has 0 N–H and O–H groups in total. The lowest BCUT2D eigenvalue weighted by molar-refractivity contribution is 1.50. The summed E-state index contributed by atoms with van der Waals surface area (Å²) in [5, 5.41) is 10.0. The highest BCUT2D eigenvalue weighted by molar-refractivity contribution is 9.10. The number of hydrogen-bond acceptors (Lipinski definition) is 2. The van der Waals surface area contributed by atoms with Crippen molar-refractivity contribution in [2.24, 2.45) is 0 Å². The third-order valence-corrected chi connectivity index (χ3v) is 4.37. The molecule has 1 heterocycles. The van der Waals surface area contributed by atoms with Crippen LogP contribution in [0.3, 0.4) is 0 Å². The van der Waals surface area contributed by atoms with E-state index < -0.39 is 0 Å². The van der Waals surface area contributed by atoms with Crippen LogP contribution in [0.1, 0.15) is 24.3 Å². The predicted octanol–water partition coefficient (Wildman–Crippen LogP) is 4.87. The van der Waals surface area contributed by atoms with E-state index in [1.54, 1.807) is 11.3 Å². The molecule has 0 bridgehead atoms. The fourth-order valence-corrected chi connectivity index (χ4v) is 3.01. The Hall–Kier alpha value is -0.850. The Balaban J connectivity index is 0.000000531. The Kier molecular flexibility index (Phi) is 4.31. The van der Waals surface area contributed by atoms with Crippen LogP contribution in [0.5, 0.6) is 0 Å². The quantitative estimate of drug-likeness (QED) is 0.676. The fraction of sp³-hybridized carbons (Fsp3) is 0.250. The lowest BCUT2D eigenvalue weighted by Crippen LogP contribution is -1.72. The maximum Gasteiger partial charge on any atom is 0.101 e. The molecule has 0 aliphatic heterocycles. The van der Waals surface area contributed by atoms with Gasteiger partial charge in [-0.1, -0.05) is 26.0 Å². The molecule has 1 nitrogen and oxygen atoms in total. The number of fused-ring (bicyclic) bond motifs is 1. The van der Waals surface area contributed by atoms with Crippen molar-refractivity contribution in [3.05, 3.63) is 33.1 Å². The zero-order chi connectivity index (χ0) is 11.4. The van der Waals surface area contributed by atoms with Gasteiger partial charge < -0.3 is 0 Å². The van der Waals surface area contributed by atoms with Gasteiger partial charge in [0.05, 0.1) is 10.3 Å². The first-order valence-corrected chi connectivity index (χ1v) is 6.42. The number of rotatable bonds is 0. The number of halogens is 1. The Morgan fingerprint density at radius 2 is 2.00 bits per heavy atom. The first-order valence-electron chi connectivity index (χ1n) is 4.81. The number of thiophene rings is 1. The van der Waals surface area contributed by atoms with Crippen molar-refractivity contribution >= 4 is 37.4 Å². The van der Waals surface area contributed by atoms with Gasteiger partial charge in [0.15, 0.2) is 0 Å². The molecule has 0 spiro atoms. The standard InChI is InChI=1S/C10H6BrNS.C2H6/c1-6-9(11)8-4-2-3-7(5-12)10(8)13-6;1-2/h2-4H,1H3;1-2H3. The summed E-state index contributed by atoms with van der Waals surface area (Å²) in [5.74, 6) is 0. The number of nitrogens with zero attached hydrogens (tertiary/aromatic N) is 1. The van der Waals surface area contributed by atoms with E-state index in [0.717, 1.165) is 20.1 Å². The van der Waals surface area contributed by atoms with E-state index in [-0.39, 0.29) is 0 Å². The second-order valence-corrected chi connectivity index (χ2v) is 4.78. The second kappa shape index (κ2) is 5.29. The third-order valence-electron chi connectivity index (χ3n) is 1.94. The number of aryl methyl sites for hydroxylation is 1. The van der Waals surface area contributed by atoms with Gasteiger partial charge in [-0.15, -0.1) is 11.3 Å². The van der Waals surface area contributed by atoms with Crippen LogP contribution in [0.4, 0.5) is 0 Å². The van der Waals surface area contributed by atoms with E-state index in [2.05, 4.69) is 28.9 Å². The Morgan fingerprint density at radius 1 is 1.33 bits per heavy atom. The van der Waals surface area contributed by atoms with Crippen molar-refractivity contribution in [2.75, 3.05) is 0 Å². The molecule has 0 radical (unpaired) electrons. The molecule has 2 rings (SSSR count). The zero-order valence-corrected chi connectivity index (χ0v) is 11.4. The molecule has 2 aromatic rings. The van der Waals surface area contributed by atoms with Gasteiger partial charge in [0.1, 0.15) is 6.07 Å². The SMILES string of the molecule is CC.Cc1sc2c(C#N)cccc2c1Br. The zero-order valence-electron chi connectivity index (χ0n) is 8.97. The van der Waals surface area contributed by atoms with Gasteiger partial charge in [-0.2, -0.15) is 5.26 Å². The number of nitriles is 1. The average molecular weight is 282 g/mol. The van der Waals surface area contributed by atoms with Gasteiger partial charge in [-0.3, -0.25) is 0 Å². The van der Waals surface area contributed by atoms with Crippen molar-refractivity contribution < 1.29 is 0 Å². The molecule has 3 heteroatoms. The van der Waals surface area contributed by atoms with Gasteiger partial charge in [0.25, 0.3) is 0 Å². The summed E-state index contributed by atoms with van der Waals surface area (Å²) in [6, 6.07) is 8.00. The van der Waals surface area contributed by atoms with Crippen molar-refractivity contribution in [1.82, 2.24) is 0 Å². The molecule has 0 aliphatic rings. The Labute approximate surface area is 102 Å². The maximum absolute atomic E-state index is 8.88. The summed E-state index contributed by atoms with van der Waals surface area (Å²) in [6.45, 7) is 6.05. The molecule has 1 aromatic heterocycles. The largest absolute Gasteiger partial charge is 0.192 e. The molecule has 78 valence electrons. The van der Waals surface area contributed by atoms with Gasteiger partial charge in [0, 0.05) is 14.7 Å². The summed E-state index contributed by atoms with van der Waals surface area (Å²) in [6.07, 6.45) is 0. The minimum atomic E-state index is 0.760. The van der Waals surface area contributed by atoms with Crippen LogP contribution >= 0.6 is 27.3 Å². The van der Waals surface area contributed by atoms with Crippen molar-refractivity contribution in [3.63, 3.8) is 0 Å². The minimum Gasteiger partial charge on any atom is -0.192 e. The van der Waals surface area contributed by atoms with E-state index >= 15 is 0 Å². The first-order chi connectivity index (χ1) is 7.24. The summed E-state index contributed by atoms with van der Waals surface area (Å²) < 4.78 is 2.19. The molecule has 1 aromatic carbocycles. The van der Waals surface area contributed by atoms with E-state index in [4.69, 9.17) is 5.26 Å². The molecule has 0 atom stereocenters. The smallest absolute Gasteiger partial charge is 0.101 e. The summed E-state index contributed by atoms with van der Waals surface area (Å²) >= 11 is 5.18. The molecule has 0 aliphatic carbocycles. The van der Waals surface area contributed by atoms with Crippen LogP contribution in [0.2, 0.25) is 0 Å². The van der Waals surface area contributed by atoms with E-state index in [1.807, 2.05) is 32.0 Å². The van der Waals surface area contributed by atoms with E-state index in [0.29, 0.717) is 0 Å². The van der Waals surface area contributed by atoms with Crippen molar-refractivity contribution in [3.8, 4) is 6.07 Å². The number of benzene rings is 1. The molecular weight excluding hydrogens is 270 g/mol. The molecule has 0 unspecified atom stereocenters. The highest BCUT2D eigenvalue weighted by atomic mass is 79.9. The van der Waals surface area contributed by atoms with Crippen molar-refractivity contribution in [2.45, 2.75) is 20.8 Å². The average Bonchev–Trinajstić information content (AvgIpc) is 2.58. The Morgan fingerprint density at radius 3 is 2.60 bits per heavy atom. The lowest BCUT2D eigenvalue weighted by Gasteiger charge is -1.91. The fourth-order valence-electron chi connectivity index (χ4n) is 1.30. The lowest BCUT2D eigenvalue weighted by atomic mass is 10.2. The third kappa shape index (κ3) is 2.22. The number of hydrogen-bond donors (Lipinski definition) is 0. The van der Waals surface area contributed by atoms with E-state index in [9.17, 15) is 0 Å². The van der Waals surface area contributed by atoms with Crippen LogP contribution in [0, 0.1) is 18.3 Å². The minimum absolute atomic E-state index is 0.760. The van der Waals surface area contributed by atoms with Gasteiger partial charge in [-0.05, 0) is 28.9 Å². The molecule has 0 saturated heterocycles. The van der Waals surface area contributed by atoms with Gasteiger partial charge in [0.2, 0.25) is 0 Å². The highest BCUT2D eigenvalue weighted by Crippen LogP contribution is 2.36. The molecule has 0 fully saturated rings. The summed E-state index contributed by atoms with van der Waals surface area (Å²) in [5.41, 5.74) is 0.760. The molecule has 0 saturated carbocycles. The molecular formula is C12H12BrNS. The summed E-state index contributed by atoms with van der Waals surface area (Å²) in [7, 11) is 0. The van der Waals surface area contributed by atoms with Crippen LogP contribution in [-0.4, -0.2) is 0 Å². The van der Waals surface area contributed by atoms with Crippen LogP contribution in [0.25, 0.3) is 10.1 Å². The van der Waals surface area contributed by atoms with Gasteiger partial charge >= 0.3 is 0 Å². The molecule has 15 heavy (non-hydrogen) atoms. The summed E-state index contributed by atoms with van der Waals surface area (Å²) in [4.78, 5) is 1.22. The molecule has 0 amide bonds. The monoisotopic (exact) mass is 281 g/mol. The van der Waals surface area contributed by atoms with Gasteiger partial charge in [-0.25, -0.2) is 0 Å². The highest BCUT2D eigenvalue weighted by Gasteiger charge is 2.08. The van der Waals surface area contributed by atoms with E-state index in [1.165, 1.54) is 4.88 Å². The Bertz CT molecular complexity index is 508. The maximum atomic E-state index is 8.88. The van der Waals surface area contributed by atoms with Crippen molar-refractivity contribution in [1.29, 1.82) is 5.26 Å². The second-order valence-electron chi connectivity index (χ2n) is 2.77. The first kappa shape index (κ1) is 12.2. The normalized spacial score (nSPS) is 9.27. The van der Waals surface area contributed by atoms with Crippen LogP contribution in [0.15, 0.2) is 22.7 Å². The predicted molar refractivity (Wildman–Crippen MR) is 70.3 cm³/mol.